The Hall–Kier alpha value is -1.14. The van der Waals surface area contributed by atoms with Gasteiger partial charge in [-0.25, -0.2) is 4.98 Å². The van der Waals surface area contributed by atoms with Gasteiger partial charge in [-0.05, 0) is 19.8 Å². The number of amides is 2. The Morgan fingerprint density at radius 3 is 2.65 bits per heavy atom. The van der Waals surface area contributed by atoms with Gasteiger partial charge in [0.25, 0.3) is 5.91 Å². The van der Waals surface area contributed by atoms with Crippen molar-refractivity contribution >= 4 is 34.8 Å². The smallest absolute Gasteiger partial charge is 0.270 e. The summed E-state index contributed by atoms with van der Waals surface area (Å²) in [6.45, 7) is 7.55. The van der Waals surface area contributed by atoms with Gasteiger partial charge in [0.2, 0.25) is 5.91 Å². The van der Waals surface area contributed by atoms with Gasteiger partial charge >= 0.3 is 0 Å². The van der Waals surface area contributed by atoms with Crippen molar-refractivity contribution < 1.29 is 9.59 Å². The lowest BCUT2D eigenvalue weighted by atomic mass is 10.3. The largest absolute Gasteiger partial charge is 0.351 e. The maximum Gasteiger partial charge on any atom is 0.270 e. The van der Waals surface area contributed by atoms with Gasteiger partial charge < -0.3 is 10.2 Å². The number of carbonyl (C=O) groups is 2. The van der Waals surface area contributed by atoms with E-state index in [1.165, 1.54) is 11.3 Å². The second-order valence-corrected chi connectivity index (χ2v) is 7.06. The third-order valence-electron chi connectivity index (χ3n) is 3.36. The fraction of sp³-hybridized carbons (Fsp3) is 0.688. The molecule has 0 aliphatic heterocycles. The van der Waals surface area contributed by atoms with E-state index in [4.69, 9.17) is 11.6 Å². The third-order valence-corrected chi connectivity index (χ3v) is 4.38. The molecule has 0 spiro atoms. The van der Waals surface area contributed by atoms with E-state index in [-0.39, 0.29) is 11.8 Å². The lowest BCUT2D eigenvalue weighted by Gasteiger charge is -2.22. The summed E-state index contributed by atoms with van der Waals surface area (Å²) >= 11 is 7.32. The van der Waals surface area contributed by atoms with Gasteiger partial charge in [-0.1, -0.05) is 26.7 Å². The van der Waals surface area contributed by atoms with Gasteiger partial charge in [-0.2, -0.15) is 0 Å². The zero-order valence-corrected chi connectivity index (χ0v) is 15.7. The molecule has 0 saturated heterocycles. The zero-order chi connectivity index (χ0) is 17.2. The topological polar surface area (TPSA) is 62.3 Å². The van der Waals surface area contributed by atoms with Gasteiger partial charge in [-0.3, -0.25) is 9.59 Å². The minimum Gasteiger partial charge on any atom is -0.351 e. The number of nitrogens with zero attached hydrogens (tertiary/aromatic N) is 2. The molecule has 130 valence electrons. The molecule has 1 aromatic heterocycles. The molecule has 1 atom stereocenters. The number of aromatic nitrogens is 1. The van der Waals surface area contributed by atoms with Crippen molar-refractivity contribution in [2.75, 3.05) is 13.1 Å². The first-order valence-electron chi connectivity index (χ1n) is 8.15. The summed E-state index contributed by atoms with van der Waals surface area (Å²) in [7, 11) is 0. The van der Waals surface area contributed by atoms with E-state index in [0.717, 1.165) is 30.7 Å². The van der Waals surface area contributed by atoms with E-state index >= 15 is 0 Å². The predicted octanol–water partition coefficient (Wildman–Crippen LogP) is 3.43. The standard InChI is InChI=1S/C16H26ClN3O2S/c1-4-6-8-18-15(21)13-11-23-14(19-13)10-20(9-7-5-2)16(22)12(3)17/h11-12H,4-10H2,1-3H3,(H,18,21)/t12-/m1/s1. The summed E-state index contributed by atoms with van der Waals surface area (Å²) in [6.07, 6.45) is 3.91. The van der Waals surface area contributed by atoms with Crippen LogP contribution in [-0.2, 0) is 11.3 Å². The maximum atomic E-state index is 12.2. The van der Waals surface area contributed by atoms with Gasteiger partial charge in [0.05, 0.1) is 6.54 Å². The maximum absolute atomic E-state index is 12.2. The van der Waals surface area contributed by atoms with E-state index in [9.17, 15) is 9.59 Å². The van der Waals surface area contributed by atoms with Crippen LogP contribution in [-0.4, -0.2) is 40.2 Å². The van der Waals surface area contributed by atoms with Crippen molar-refractivity contribution in [3.8, 4) is 0 Å². The molecule has 0 aliphatic rings. The third kappa shape index (κ3) is 6.87. The highest BCUT2D eigenvalue weighted by molar-refractivity contribution is 7.09. The number of halogens is 1. The van der Waals surface area contributed by atoms with Crippen LogP contribution in [0.15, 0.2) is 5.38 Å². The van der Waals surface area contributed by atoms with E-state index in [1.807, 2.05) is 0 Å². The Bertz CT molecular complexity index is 505. The first-order valence-corrected chi connectivity index (χ1v) is 9.46. The molecule has 2 amide bonds. The Kier molecular flexibility index (Phi) is 9.17. The molecular formula is C16H26ClN3O2S. The molecular weight excluding hydrogens is 334 g/mol. The van der Waals surface area contributed by atoms with Crippen molar-refractivity contribution in [2.45, 2.75) is 58.4 Å². The molecule has 1 N–H and O–H groups in total. The van der Waals surface area contributed by atoms with E-state index in [1.54, 1.807) is 17.2 Å². The molecule has 0 bridgehead atoms. The van der Waals surface area contributed by atoms with E-state index in [2.05, 4.69) is 24.1 Å². The average Bonchev–Trinajstić information content (AvgIpc) is 2.99. The summed E-state index contributed by atoms with van der Waals surface area (Å²) in [6, 6.07) is 0. The van der Waals surface area contributed by atoms with Crippen molar-refractivity contribution in [2.24, 2.45) is 0 Å². The lowest BCUT2D eigenvalue weighted by molar-refractivity contribution is -0.131. The molecule has 0 saturated carbocycles. The first-order chi connectivity index (χ1) is 11.0. The molecule has 0 aromatic carbocycles. The molecule has 23 heavy (non-hydrogen) atoms. The molecule has 1 aromatic rings. The average molecular weight is 360 g/mol. The number of carbonyl (C=O) groups excluding carboxylic acids is 2. The summed E-state index contributed by atoms with van der Waals surface area (Å²) in [5, 5.41) is 4.79. The second-order valence-electron chi connectivity index (χ2n) is 5.47. The highest BCUT2D eigenvalue weighted by Gasteiger charge is 2.20. The van der Waals surface area contributed by atoms with Crippen molar-refractivity contribution in [3.63, 3.8) is 0 Å². The Morgan fingerprint density at radius 2 is 2.04 bits per heavy atom. The Labute approximate surface area is 147 Å². The SMILES string of the molecule is CCCCNC(=O)c1csc(CN(CCCC)C(=O)[C@@H](C)Cl)n1. The second kappa shape index (κ2) is 10.6. The molecule has 1 rings (SSSR count). The number of hydrogen-bond acceptors (Lipinski definition) is 4. The summed E-state index contributed by atoms with van der Waals surface area (Å²) < 4.78 is 0. The number of hydrogen-bond donors (Lipinski definition) is 1. The van der Waals surface area contributed by atoms with Crippen LogP contribution in [0.5, 0.6) is 0 Å². The number of alkyl halides is 1. The number of unbranched alkanes of at least 4 members (excludes halogenated alkanes) is 2. The number of nitrogens with one attached hydrogen (secondary N) is 1. The quantitative estimate of drug-likeness (QED) is 0.514. The van der Waals surface area contributed by atoms with Crippen LogP contribution in [0.4, 0.5) is 0 Å². The van der Waals surface area contributed by atoms with Crippen molar-refractivity contribution in [3.05, 3.63) is 16.1 Å². The molecule has 0 unspecified atom stereocenters. The number of thiazole rings is 1. The van der Waals surface area contributed by atoms with Gasteiger partial charge in [0.15, 0.2) is 0 Å². The Morgan fingerprint density at radius 1 is 1.35 bits per heavy atom. The lowest BCUT2D eigenvalue weighted by Crippen LogP contribution is -2.36. The van der Waals surface area contributed by atoms with Crippen molar-refractivity contribution in [1.82, 2.24) is 15.2 Å². The van der Waals surface area contributed by atoms with Crippen LogP contribution in [0.3, 0.4) is 0 Å². The minimum atomic E-state index is -0.552. The fourth-order valence-electron chi connectivity index (χ4n) is 1.99. The van der Waals surface area contributed by atoms with Crippen LogP contribution >= 0.6 is 22.9 Å². The van der Waals surface area contributed by atoms with Crippen LogP contribution in [0.1, 0.15) is 62.0 Å². The molecule has 0 aliphatic carbocycles. The number of rotatable bonds is 10. The van der Waals surface area contributed by atoms with Gasteiger partial charge in [0, 0.05) is 18.5 Å². The van der Waals surface area contributed by atoms with E-state index in [0.29, 0.717) is 25.3 Å². The molecule has 5 nitrogen and oxygen atoms in total. The van der Waals surface area contributed by atoms with Crippen LogP contribution in [0.25, 0.3) is 0 Å². The molecule has 7 heteroatoms. The van der Waals surface area contributed by atoms with Crippen LogP contribution in [0, 0.1) is 0 Å². The predicted molar refractivity (Wildman–Crippen MR) is 95.0 cm³/mol. The zero-order valence-electron chi connectivity index (χ0n) is 14.1. The fourth-order valence-corrected chi connectivity index (χ4v) is 2.91. The minimum absolute atomic E-state index is 0.0933. The molecule has 1 heterocycles. The van der Waals surface area contributed by atoms with E-state index < -0.39 is 5.38 Å². The van der Waals surface area contributed by atoms with Crippen LogP contribution < -0.4 is 5.32 Å². The molecule has 0 fully saturated rings. The summed E-state index contributed by atoms with van der Waals surface area (Å²) in [4.78, 5) is 30.2. The first kappa shape index (κ1) is 19.9. The summed E-state index contributed by atoms with van der Waals surface area (Å²) in [5.74, 6) is -0.248. The highest BCUT2D eigenvalue weighted by Crippen LogP contribution is 2.15. The Balaban J connectivity index is 2.66. The van der Waals surface area contributed by atoms with Crippen molar-refractivity contribution in [1.29, 1.82) is 0 Å². The normalized spacial score (nSPS) is 12.0. The van der Waals surface area contributed by atoms with Gasteiger partial charge in [0.1, 0.15) is 16.1 Å². The highest BCUT2D eigenvalue weighted by atomic mass is 35.5. The van der Waals surface area contributed by atoms with Gasteiger partial charge in [-0.15, -0.1) is 22.9 Å². The van der Waals surface area contributed by atoms with Crippen LogP contribution in [0.2, 0.25) is 0 Å². The summed E-state index contributed by atoms with van der Waals surface area (Å²) in [5.41, 5.74) is 0.419. The monoisotopic (exact) mass is 359 g/mol. The molecule has 0 radical (unpaired) electrons.